The third kappa shape index (κ3) is 1.85. The van der Waals surface area contributed by atoms with E-state index in [2.05, 4.69) is 0 Å². The zero-order valence-electron chi connectivity index (χ0n) is 7.96. The molecule has 3 heteroatoms. The van der Waals surface area contributed by atoms with Gasteiger partial charge in [-0.15, -0.1) is 0 Å². The first-order chi connectivity index (χ1) is 6.79. The van der Waals surface area contributed by atoms with Crippen molar-refractivity contribution < 1.29 is 9.21 Å². The monoisotopic (exact) mass is 212 g/mol. The molecule has 0 radical (unpaired) electrons. The molecule has 2 nitrogen and oxygen atoms in total. The number of halogens is 1. The molecular formula is C11H13ClO2. The SMILES string of the molecule is O=C(c1ccoc1Cl)C1CCCCC1. The lowest BCUT2D eigenvalue weighted by atomic mass is 9.84. The third-order valence-corrected chi connectivity index (χ3v) is 3.15. The van der Waals surface area contributed by atoms with Crippen molar-refractivity contribution in [1.82, 2.24) is 0 Å². The summed E-state index contributed by atoms with van der Waals surface area (Å²) in [5.74, 6) is 0.322. The van der Waals surface area contributed by atoms with Gasteiger partial charge >= 0.3 is 0 Å². The van der Waals surface area contributed by atoms with E-state index < -0.39 is 0 Å². The van der Waals surface area contributed by atoms with Crippen LogP contribution in [-0.2, 0) is 0 Å². The van der Waals surface area contributed by atoms with Gasteiger partial charge in [0.1, 0.15) is 0 Å². The molecule has 14 heavy (non-hydrogen) atoms. The van der Waals surface area contributed by atoms with Gasteiger partial charge in [0.25, 0.3) is 0 Å². The van der Waals surface area contributed by atoms with Crippen molar-refractivity contribution in [1.29, 1.82) is 0 Å². The van der Waals surface area contributed by atoms with Crippen molar-refractivity contribution in [3.63, 3.8) is 0 Å². The summed E-state index contributed by atoms with van der Waals surface area (Å²) in [4.78, 5) is 11.9. The van der Waals surface area contributed by atoms with Crippen LogP contribution in [0.5, 0.6) is 0 Å². The summed E-state index contributed by atoms with van der Waals surface area (Å²) < 4.78 is 4.92. The number of hydrogen-bond donors (Lipinski definition) is 0. The summed E-state index contributed by atoms with van der Waals surface area (Å²) >= 11 is 5.77. The van der Waals surface area contributed by atoms with E-state index in [0.717, 1.165) is 25.7 Å². The maximum Gasteiger partial charge on any atom is 0.203 e. The number of furan rings is 1. The highest BCUT2D eigenvalue weighted by atomic mass is 35.5. The average molecular weight is 213 g/mol. The zero-order chi connectivity index (χ0) is 9.97. The van der Waals surface area contributed by atoms with Crippen LogP contribution in [0.1, 0.15) is 42.5 Å². The molecule has 1 heterocycles. The van der Waals surface area contributed by atoms with Gasteiger partial charge in [0.2, 0.25) is 5.22 Å². The molecular weight excluding hydrogens is 200 g/mol. The predicted octanol–water partition coefficient (Wildman–Crippen LogP) is 3.70. The number of Topliss-reactive ketones (excluding diaryl/α,β-unsaturated/α-hetero) is 1. The van der Waals surface area contributed by atoms with E-state index in [9.17, 15) is 4.79 Å². The minimum absolute atomic E-state index is 0.156. The smallest absolute Gasteiger partial charge is 0.203 e. The van der Waals surface area contributed by atoms with E-state index in [-0.39, 0.29) is 16.9 Å². The molecule has 0 N–H and O–H groups in total. The van der Waals surface area contributed by atoms with Gasteiger partial charge in [-0.1, -0.05) is 19.3 Å². The molecule has 0 spiro atoms. The normalized spacial score (nSPS) is 18.4. The molecule has 0 aromatic carbocycles. The standard InChI is InChI=1S/C11H13ClO2/c12-11-9(6-7-14-11)10(13)8-4-2-1-3-5-8/h6-8H,1-5H2. The highest BCUT2D eigenvalue weighted by molar-refractivity contribution is 6.32. The van der Waals surface area contributed by atoms with Crippen molar-refractivity contribution in [2.75, 3.05) is 0 Å². The molecule has 76 valence electrons. The van der Waals surface area contributed by atoms with Crippen LogP contribution in [0.3, 0.4) is 0 Å². The molecule has 1 fully saturated rings. The van der Waals surface area contributed by atoms with Gasteiger partial charge < -0.3 is 4.42 Å². The molecule has 1 aliphatic rings. The molecule has 1 saturated carbocycles. The fourth-order valence-electron chi connectivity index (χ4n) is 2.05. The molecule has 0 atom stereocenters. The van der Waals surface area contributed by atoms with Crippen LogP contribution < -0.4 is 0 Å². The second kappa shape index (κ2) is 4.18. The Morgan fingerprint density at radius 2 is 2.07 bits per heavy atom. The van der Waals surface area contributed by atoms with Crippen LogP contribution in [0.15, 0.2) is 16.7 Å². The number of ketones is 1. The fourth-order valence-corrected chi connectivity index (χ4v) is 2.26. The zero-order valence-corrected chi connectivity index (χ0v) is 8.72. The second-order valence-electron chi connectivity index (χ2n) is 3.81. The number of carbonyl (C=O) groups excluding carboxylic acids is 1. The van der Waals surface area contributed by atoms with Crippen molar-refractivity contribution in [3.05, 3.63) is 23.1 Å². The van der Waals surface area contributed by atoms with Crippen LogP contribution in [0, 0.1) is 5.92 Å². The molecule has 1 aliphatic carbocycles. The Morgan fingerprint density at radius 1 is 1.36 bits per heavy atom. The number of rotatable bonds is 2. The van der Waals surface area contributed by atoms with Gasteiger partial charge in [-0.3, -0.25) is 4.79 Å². The van der Waals surface area contributed by atoms with E-state index in [0.29, 0.717) is 5.56 Å². The Kier molecular flexibility index (Phi) is 2.92. The maximum absolute atomic E-state index is 11.9. The van der Waals surface area contributed by atoms with E-state index in [1.165, 1.54) is 12.7 Å². The fraction of sp³-hybridized carbons (Fsp3) is 0.545. The lowest BCUT2D eigenvalue weighted by molar-refractivity contribution is 0.0889. The van der Waals surface area contributed by atoms with E-state index in [4.69, 9.17) is 16.0 Å². The minimum Gasteiger partial charge on any atom is -0.452 e. The maximum atomic E-state index is 11.9. The Balaban J connectivity index is 2.11. The summed E-state index contributed by atoms with van der Waals surface area (Å²) in [6.45, 7) is 0. The van der Waals surface area contributed by atoms with E-state index >= 15 is 0 Å². The van der Waals surface area contributed by atoms with Crippen LogP contribution >= 0.6 is 11.6 Å². The molecule has 2 rings (SSSR count). The Labute approximate surface area is 88.2 Å². The summed E-state index contributed by atoms with van der Waals surface area (Å²) in [5, 5.41) is 0.237. The quantitative estimate of drug-likeness (QED) is 0.700. The summed E-state index contributed by atoms with van der Waals surface area (Å²) in [5.41, 5.74) is 0.554. The van der Waals surface area contributed by atoms with Gasteiger partial charge in [0, 0.05) is 5.92 Å². The van der Waals surface area contributed by atoms with Gasteiger partial charge in [-0.05, 0) is 30.5 Å². The average Bonchev–Trinajstić information content (AvgIpc) is 2.65. The summed E-state index contributed by atoms with van der Waals surface area (Å²) in [6.07, 6.45) is 7.04. The Hall–Kier alpha value is -0.760. The van der Waals surface area contributed by atoms with Crippen molar-refractivity contribution in [2.45, 2.75) is 32.1 Å². The Morgan fingerprint density at radius 3 is 2.64 bits per heavy atom. The Bertz CT molecular complexity index is 324. The molecule has 1 aromatic heterocycles. The van der Waals surface area contributed by atoms with Crippen LogP contribution in [-0.4, -0.2) is 5.78 Å². The van der Waals surface area contributed by atoms with Crippen molar-refractivity contribution in [3.8, 4) is 0 Å². The topological polar surface area (TPSA) is 30.2 Å². The highest BCUT2D eigenvalue weighted by Gasteiger charge is 2.24. The molecule has 0 amide bonds. The molecule has 0 saturated heterocycles. The van der Waals surface area contributed by atoms with E-state index in [1.807, 2.05) is 0 Å². The first-order valence-corrected chi connectivity index (χ1v) is 5.44. The lowest BCUT2D eigenvalue weighted by Crippen LogP contribution is -2.17. The van der Waals surface area contributed by atoms with Gasteiger partial charge in [0.05, 0.1) is 11.8 Å². The minimum atomic E-state index is 0.156. The molecule has 1 aromatic rings. The van der Waals surface area contributed by atoms with Crippen LogP contribution in [0.4, 0.5) is 0 Å². The third-order valence-electron chi connectivity index (χ3n) is 2.86. The second-order valence-corrected chi connectivity index (χ2v) is 4.15. The van der Waals surface area contributed by atoms with Crippen molar-refractivity contribution in [2.24, 2.45) is 5.92 Å². The number of hydrogen-bond acceptors (Lipinski definition) is 2. The molecule has 0 unspecified atom stereocenters. The first kappa shape index (κ1) is 9.78. The lowest BCUT2D eigenvalue weighted by Gasteiger charge is -2.19. The largest absolute Gasteiger partial charge is 0.452 e. The highest BCUT2D eigenvalue weighted by Crippen LogP contribution is 2.29. The van der Waals surface area contributed by atoms with Crippen LogP contribution in [0.2, 0.25) is 5.22 Å². The first-order valence-electron chi connectivity index (χ1n) is 5.06. The number of carbonyl (C=O) groups is 1. The molecule has 0 bridgehead atoms. The van der Waals surface area contributed by atoms with Gasteiger partial charge in [-0.2, -0.15) is 0 Å². The summed E-state index contributed by atoms with van der Waals surface area (Å²) in [6, 6.07) is 1.67. The van der Waals surface area contributed by atoms with Crippen molar-refractivity contribution >= 4 is 17.4 Å². The van der Waals surface area contributed by atoms with E-state index in [1.54, 1.807) is 6.07 Å². The van der Waals surface area contributed by atoms with Gasteiger partial charge in [-0.25, -0.2) is 0 Å². The van der Waals surface area contributed by atoms with Gasteiger partial charge in [0.15, 0.2) is 5.78 Å². The molecule has 0 aliphatic heterocycles. The summed E-state index contributed by atoms with van der Waals surface area (Å²) in [7, 11) is 0. The predicted molar refractivity (Wildman–Crippen MR) is 54.6 cm³/mol. The van der Waals surface area contributed by atoms with Crippen LogP contribution in [0.25, 0.3) is 0 Å².